The SMILES string of the molecule is COC(=O)C1(c2ccc(-c3ccc(-n4nnc(C)c4NC(=O)OC(C)c4ccccc4)cc3OC)cc2)CC1. The second-order valence-corrected chi connectivity index (χ2v) is 9.55. The zero-order valence-electron chi connectivity index (χ0n) is 22.3. The Morgan fingerprint density at radius 3 is 2.36 bits per heavy atom. The average molecular weight is 527 g/mol. The largest absolute Gasteiger partial charge is 0.496 e. The minimum atomic E-state index is -0.609. The van der Waals surface area contributed by atoms with E-state index in [0.29, 0.717) is 22.9 Å². The van der Waals surface area contributed by atoms with Gasteiger partial charge in [0.25, 0.3) is 0 Å². The first-order chi connectivity index (χ1) is 18.9. The lowest BCUT2D eigenvalue weighted by atomic mass is 9.93. The number of esters is 1. The summed E-state index contributed by atoms with van der Waals surface area (Å²) in [5, 5.41) is 11.1. The van der Waals surface area contributed by atoms with Crippen molar-refractivity contribution < 1.29 is 23.8 Å². The summed E-state index contributed by atoms with van der Waals surface area (Å²) in [6.07, 6.45) is 0.554. The molecule has 1 aromatic heterocycles. The Kier molecular flexibility index (Phi) is 7.06. The molecule has 1 fully saturated rings. The van der Waals surface area contributed by atoms with Crippen LogP contribution in [0.15, 0.2) is 72.8 Å². The van der Waals surface area contributed by atoms with E-state index in [1.54, 1.807) is 14.0 Å². The number of ether oxygens (including phenoxy) is 3. The Morgan fingerprint density at radius 1 is 1.00 bits per heavy atom. The van der Waals surface area contributed by atoms with Gasteiger partial charge in [-0.05, 0) is 55.5 Å². The molecule has 0 saturated heterocycles. The van der Waals surface area contributed by atoms with Crippen LogP contribution in [0.5, 0.6) is 5.75 Å². The predicted molar refractivity (Wildman–Crippen MR) is 146 cm³/mol. The Morgan fingerprint density at radius 2 is 1.72 bits per heavy atom. The van der Waals surface area contributed by atoms with Crippen LogP contribution in [-0.2, 0) is 19.7 Å². The van der Waals surface area contributed by atoms with Gasteiger partial charge in [0, 0.05) is 11.6 Å². The third-order valence-electron chi connectivity index (χ3n) is 7.12. The molecule has 0 aliphatic heterocycles. The number of anilines is 1. The van der Waals surface area contributed by atoms with Crippen molar-refractivity contribution >= 4 is 17.9 Å². The number of aromatic nitrogens is 3. The van der Waals surface area contributed by atoms with Gasteiger partial charge in [0.1, 0.15) is 17.5 Å². The molecule has 0 spiro atoms. The fourth-order valence-electron chi connectivity index (χ4n) is 4.71. The van der Waals surface area contributed by atoms with Crippen molar-refractivity contribution in [1.29, 1.82) is 0 Å². The Labute approximate surface area is 226 Å². The first-order valence-corrected chi connectivity index (χ1v) is 12.7. The van der Waals surface area contributed by atoms with E-state index in [-0.39, 0.29) is 5.97 Å². The van der Waals surface area contributed by atoms with Crippen LogP contribution in [0.25, 0.3) is 16.8 Å². The van der Waals surface area contributed by atoms with Crippen LogP contribution in [0, 0.1) is 6.92 Å². The standard InChI is InChI=1S/C30H30N4O5/c1-19-27(31-29(36)39-20(2)21-8-6-5-7-9-21)34(33-32-19)24-14-15-25(26(18-24)37-3)22-10-12-23(13-11-22)30(16-17-30)28(35)38-4/h5-15,18,20H,16-17H2,1-4H3,(H,31,36). The van der Waals surface area contributed by atoms with E-state index in [4.69, 9.17) is 14.2 Å². The van der Waals surface area contributed by atoms with Gasteiger partial charge in [-0.15, -0.1) is 5.10 Å². The van der Waals surface area contributed by atoms with Gasteiger partial charge in [-0.25, -0.2) is 4.79 Å². The average Bonchev–Trinajstić information content (AvgIpc) is 3.71. The highest BCUT2D eigenvalue weighted by molar-refractivity contribution is 5.87. The van der Waals surface area contributed by atoms with E-state index in [2.05, 4.69) is 15.6 Å². The number of hydrogen-bond acceptors (Lipinski definition) is 7. The molecule has 39 heavy (non-hydrogen) atoms. The summed E-state index contributed by atoms with van der Waals surface area (Å²) in [5.41, 5.74) is 4.33. The molecule has 0 bridgehead atoms. The number of hydrogen-bond donors (Lipinski definition) is 1. The third-order valence-corrected chi connectivity index (χ3v) is 7.12. The smallest absolute Gasteiger partial charge is 0.413 e. The molecule has 200 valence electrons. The molecule has 1 aliphatic rings. The van der Waals surface area contributed by atoms with Crippen molar-refractivity contribution in [3.05, 3.63) is 89.6 Å². The summed E-state index contributed by atoms with van der Waals surface area (Å²) in [5.74, 6) is 0.828. The molecule has 1 aliphatic carbocycles. The molecule has 1 amide bonds. The van der Waals surface area contributed by atoms with E-state index in [1.807, 2.05) is 79.7 Å². The van der Waals surface area contributed by atoms with Crippen molar-refractivity contribution in [1.82, 2.24) is 15.0 Å². The molecular formula is C30H30N4O5. The molecule has 1 atom stereocenters. The Bertz CT molecular complexity index is 1490. The highest BCUT2D eigenvalue weighted by Gasteiger charge is 2.52. The monoisotopic (exact) mass is 526 g/mol. The molecule has 0 radical (unpaired) electrons. The van der Waals surface area contributed by atoms with Crippen molar-refractivity contribution in [2.45, 2.75) is 38.2 Å². The van der Waals surface area contributed by atoms with Crippen LogP contribution in [0.4, 0.5) is 10.6 Å². The van der Waals surface area contributed by atoms with E-state index < -0.39 is 17.6 Å². The van der Waals surface area contributed by atoms with Gasteiger partial charge in [-0.3, -0.25) is 10.1 Å². The van der Waals surface area contributed by atoms with E-state index in [0.717, 1.165) is 35.1 Å². The maximum Gasteiger partial charge on any atom is 0.413 e. The number of amides is 1. The predicted octanol–water partition coefficient (Wildman–Crippen LogP) is 5.77. The quantitative estimate of drug-likeness (QED) is 0.291. The molecule has 1 unspecified atom stereocenters. The number of methoxy groups -OCH3 is 2. The summed E-state index contributed by atoms with van der Waals surface area (Å²) in [4.78, 5) is 24.9. The molecule has 9 heteroatoms. The molecule has 4 aromatic rings. The van der Waals surface area contributed by atoms with Gasteiger partial charge in [0.2, 0.25) is 0 Å². The zero-order valence-corrected chi connectivity index (χ0v) is 22.3. The van der Waals surface area contributed by atoms with Gasteiger partial charge >= 0.3 is 12.1 Å². The van der Waals surface area contributed by atoms with Crippen LogP contribution < -0.4 is 10.1 Å². The van der Waals surface area contributed by atoms with Gasteiger partial charge in [-0.2, -0.15) is 4.68 Å². The highest BCUT2D eigenvalue weighted by atomic mass is 16.6. The molecule has 9 nitrogen and oxygen atoms in total. The second kappa shape index (κ2) is 10.6. The van der Waals surface area contributed by atoms with E-state index in [9.17, 15) is 9.59 Å². The maximum absolute atomic E-state index is 12.7. The van der Waals surface area contributed by atoms with Gasteiger partial charge in [-0.1, -0.05) is 59.8 Å². The van der Waals surface area contributed by atoms with Crippen molar-refractivity contribution in [3.63, 3.8) is 0 Å². The fourth-order valence-corrected chi connectivity index (χ4v) is 4.71. The van der Waals surface area contributed by atoms with Crippen LogP contribution in [0.1, 0.15) is 42.7 Å². The topological polar surface area (TPSA) is 105 Å². The molecule has 5 rings (SSSR count). The number of carbonyl (C=O) groups excluding carboxylic acids is 2. The van der Waals surface area contributed by atoms with Crippen molar-refractivity contribution in [3.8, 4) is 22.6 Å². The maximum atomic E-state index is 12.7. The fraction of sp³-hybridized carbons (Fsp3) is 0.267. The van der Waals surface area contributed by atoms with Gasteiger partial charge in [0.15, 0.2) is 5.82 Å². The minimum absolute atomic E-state index is 0.192. The van der Waals surface area contributed by atoms with Crippen LogP contribution in [0.2, 0.25) is 0 Å². The molecular weight excluding hydrogens is 496 g/mol. The lowest BCUT2D eigenvalue weighted by Crippen LogP contribution is -2.21. The molecule has 1 saturated carbocycles. The summed E-state index contributed by atoms with van der Waals surface area (Å²) in [7, 11) is 3.02. The van der Waals surface area contributed by atoms with E-state index >= 15 is 0 Å². The summed E-state index contributed by atoms with van der Waals surface area (Å²) < 4.78 is 17.8. The van der Waals surface area contributed by atoms with Gasteiger partial charge in [0.05, 0.1) is 25.3 Å². The van der Waals surface area contributed by atoms with Crippen LogP contribution in [-0.4, -0.2) is 41.3 Å². The van der Waals surface area contributed by atoms with Crippen molar-refractivity contribution in [2.24, 2.45) is 0 Å². The van der Waals surface area contributed by atoms with Crippen molar-refractivity contribution in [2.75, 3.05) is 19.5 Å². The minimum Gasteiger partial charge on any atom is -0.496 e. The first kappa shape index (κ1) is 26.0. The normalized spacial score (nSPS) is 14.3. The van der Waals surface area contributed by atoms with Crippen LogP contribution >= 0.6 is 0 Å². The number of aryl methyl sites for hydroxylation is 1. The lowest BCUT2D eigenvalue weighted by Gasteiger charge is -2.16. The number of nitrogens with zero attached hydrogens (tertiary/aromatic N) is 3. The number of benzene rings is 3. The van der Waals surface area contributed by atoms with E-state index in [1.165, 1.54) is 11.8 Å². The first-order valence-electron chi connectivity index (χ1n) is 12.7. The Balaban J connectivity index is 1.37. The number of rotatable bonds is 8. The number of carbonyl (C=O) groups is 2. The molecule has 1 N–H and O–H groups in total. The molecule has 3 aromatic carbocycles. The Hall–Kier alpha value is -4.66. The number of nitrogens with one attached hydrogen (secondary N) is 1. The summed E-state index contributed by atoms with van der Waals surface area (Å²) >= 11 is 0. The third kappa shape index (κ3) is 5.07. The zero-order chi connectivity index (χ0) is 27.6. The molecule has 1 heterocycles. The van der Waals surface area contributed by atoms with Gasteiger partial charge < -0.3 is 14.2 Å². The summed E-state index contributed by atoms with van der Waals surface area (Å²) in [6, 6.07) is 23.0. The lowest BCUT2D eigenvalue weighted by molar-refractivity contribution is -0.143. The summed E-state index contributed by atoms with van der Waals surface area (Å²) in [6.45, 7) is 3.57. The van der Waals surface area contributed by atoms with Crippen LogP contribution in [0.3, 0.4) is 0 Å². The second-order valence-electron chi connectivity index (χ2n) is 9.55. The highest BCUT2D eigenvalue weighted by Crippen LogP contribution is 2.49.